The quantitative estimate of drug-likeness (QED) is 0.709. The standard InChI is InChI=1S/C11H11N7OS/c19-11(14-3-1-9-12-4-5-13-9)10-8(2-6-20-10)18-7-15-16-17-18/h2,4-7H,1,3H2,(H,12,13)(H,14,19). The van der Waals surface area contributed by atoms with Gasteiger partial charge in [0, 0.05) is 25.4 Å². The number of aromatic nitrogens is 6. The molecule has 0 unspecified atom stereocenters. The molecule has 0 saturated carbocycles. The second kappa shape index (κ2) is 5.61. The third-order valence-electron chi connectivity index (χ3n) is 2.65. The lowest BCUT2D eigenvalue weighted by molar-refractivity contribution is 0.0958. The zero-order valence-corrected chi connectivity index (χ0v) is 11.2. The molecule has 0 bridgehead atoms. The lowest BCUT2D eigenvalue weighted by atomic mass is 10.3. The molecule has 0 aliphatic heterocycles. The first-order chi connectivity index (χ1) is 9.84. The Bertz CT molecular complexity index is 674. The summed E-state index contributed by atoms with van der Waals surface area (Å²) in [5.74, 6) is 0.703. The fourth-order valence-corrected chi connectivity index (χ4v) is 2.53. The van der Waals surface area contributed by atoms with Gasteiger partial charge in [-0.15, -0.1) is 16.4 Å². The van der Waals surface area contributed by atoms with Gasteiger partial charge in [0.25, 0.3) is 5.91 Å². The number of imidazole rings is 1. The minimum absolute atomic E-state index is 0.142. The van der Waals surface area contributed by atoms with E-state index in [-0.39, 0.29) is 5.91 Å². The SMILES string of the molecule is O=C(NCCc1ncc[nH]1)c1sccc1-n1cnnn1. The molecule has 0 spiro atoms. The molecule has 3 rings (SSSR count). The molecule has 102 valence electrons. The summed E-state index contributed by atoms with van der Waals surface area (Å²) in [6.45, 7) is 0.513. The van der Waals surface area contributed by atoms with Crippen molar-refractivity contribution in [2.45, 2.75) is 6.42 Å². The second-order valence-electron chi connectivity index (χ2n) is 3.93. The second-order valence-corrected chi connectivity index (χ2v) is 4.85. The summed E-state index contributed by atoms with van der Waals surface area (Å²) in [5, 5.41) is 15.6. The van der Waals surface area contributed by atoms with Crippen molar-refractivity contribution in [3.8, 4) is 5.69 Å². The summed E-state index contributed by atoms with van der Waals surface area (Å²) < 4.78 is 1.47. The smallest absolute Gasteiger partial charge is 0.263 e. The van der Waals surface area contributed by atoms with Crippen LogP contribution in [0.4, 0.5) is 0 Å². The van der Waals surface area contributed by atoms with Crippen LogP contribution in [-0.2, 0) is 6.42 Å². The molecule has 3 aromatic rings. The predicted molar refractivity (Wildman–Crippen MR) is 71.7 cm³/mol. The van der Waals surface area contributed by atoms with Crippen LogP contribution in [0.2, 0.25) is 0 Å². The minimum Gasteiger partial charge on any atom is -0.351 e. The van der Waals surface area contributed by atoms with E-state index in [0.717, 1.165) is 5.82 Å². The van der Waals surface area contributed by atoms with Gasteiger partial charge in [-0.3, -0.25) is 4.79 Å². The molecule has 2 N–H and O–H groups in total. The van der Waals surface area contributed by atoms with Crippen LogP contribution in [-0.4, -0.2) is 42.6 Å². The van der Waals surface area contributed by atoms with Crippen molar-refractivity contribution in [2.24, 2.45) is 0 Å². The van der Waals surface area contributed by atoms with Crippen molar-refractivity contribution in [1.82, 2.24) is 35.5 Å². The molecule has 0 aliphatic rings. The van der Waals surface area contributed by atoms with E-state index in [1.807, 2.05) is 11.4 Å². The van der Waals surface area contributed by atoms with Crippen molar-refractivity contribution < 1.29 is 4.79 Å². The topological polar surface area (TPSA) is 101 Å². The van der Waals surface area contributed by atoms with E-state index in [9.17, 15) is 4.79 Å². The molecular weight excluding hydrogens is 278 g/mol. The molecule has 0 aromatic carbocycles. The van der Waals surface area contributed by atoms with Crippen LogP contribution in [0.25, 0.3) is 5.69 Å². The number of aromatic amines is 1. The summed E-state index contributed by atoms with van der Waals surface area (Å²) in [6, 6.07) is 1.81. The van der Waals surface area contributed by atoms with Gasteiger partial charge in [-0.25, -0.2) is 4.98 Å². The van der Waals surface area contributed by atoms with Gasteiger partial charge in [0.15, 0.2) is 0 Å². The van der Waals surface area contributed by atoms with Crippen molar-refractivity contribution in [2.75, 3.05) is 6.54 Å². The molecule has 9 heteroatoms. The number of H-pyrrole nitrogens is 1. The number of hydrogen-bond acceptors (Lipinski definition) is 6. The van der Waals surface area contributed by atoms with E-state index in [0.29, 0.717) is 23.5 Å². The number of amides is 1. The van der Waals surface area contributed by atoms with Crippen LogP contribution in [0.1, 0.15) is 15.5 Å². The van der Waals surface area contributed by atoms with Gasteiger partial charge < -0.3 is 10.3 Å². The Morgan fingerprint density at radius 2 is 2.45 bits per heavy atom. The molecule has 0 aliphatic carbocycles. The van der Waals surface area contributed by atoms with Crippen LogP contribution >= 0.6 is 11.3 Å². The van der Waals surface area contributed by atoms with E-state index >= 15 is 0 Å². The monoisotopic (exact) mass is 289 g/mol. The highest BCUT2D eigenvalue weighted by Gasteiger charge is 2.15. The van der Waals surface area contributed by atoms with Gasteiger partial charge in [0.1, 0.15) is 17.0 Å². The lowest BCUT2D eigenvalue weighted by Crippen LogP contribution is -2.26. The van der Waals surface area contributed by atoms with E-state index in [1.165, 1.54) is 22.3 Å². The maximum absolute atomic E-state index is 12.1. The van der Waals surface area contributed by atoms with Gasteiger partial charge >= 0.3 is 0 Å². The number of carbonyl (C=O) groups excluding carboxylic acids is 1. The number of nitrogens with zero attached hydrogens (tertiary/aromatic N) is 5. The molecule has 1 amide bonds. The maximum atomic E-state index is 12.1. The number of rotatable bonds is 5. The van der Waals surface area contributed by atoms with Crippen molar-refractivity contribution in [3.05, 3.63) is 40.9 Å². The van der Waals surface area contributed by atoms with Crippen molar-refractivity contribution in [3.63, 3.8) is 0 Å². The summed E-state index contributed by atoms with van der Waals surface area (Å²) >= 11 is 1.35. The van der Waals surface area contributed by atoms with Crippen molar-refractivity contribution >= 4 is 17.2 Å². The highest BCUT2D eigenvalue weighted by molar-refractivity contribution is 7.12. The molecule has 20 heavy (non-hydrogen) atoms. The van der Waals surface area contributed by atoms with E-state index in [4.69, 9.17) is 0 Å². The summed E-state index contributed by atoms with van der Waals surface area (Å²) in [5.41, 5.74) is 0.676. The number of tetrazole rings is 1. The first kappa shape index (κ1) is 12.5. The van der Waals surface area contributed by atoms with Crippen LogP contribution in [0.5, 0.6) is 0 Å². The largest absolute Gasteiger partial charge is 0.351 e. The third-order valence-corrected chi connectivity index (χ3v) is 3.55. The Labute approximate surface area is 117 Å². The Morgan fingerprint density at radius 1 is 1.50 bits per heavy atom. The molecule has 0 fully saturated rings. The number of carbonyl (C=O) groups is 1. The molecule has 3 aromatic heterocycles. The Morgan fingerprint density at radius 3 is 3.20 bits per heavy atom. The highest BCUT2D eigenvalue weighted by Crippen LogP contribution is 2.19. The molecule has 0 atom stereocenters. The van der Waals surface area contributed by atoms with Crippen molar-refractivity contribution in [1.29, 1.82) is 0 Å². The van der Waals surface area contributed by atoms with Gasteiger partial charge in [-0.2, -0.15) is 4.68 Å². The highest BCUT2D eigenvalue weighted by atomic mass is 32.1. The number of nitrogens with one attached hydrogen (secondary N) is 2. The van der Waals surface area contributed by atoms with E-state index in [1.54, 1.807) is 12.4 Å². The first-order valence-corrected chi connectivity index (χ1v) is 6.80. The summed E-state index contributed by atoms with van der Waals surface area (Å²) in [4.78, 5) is 19.8. The summed E-state index contributed by atoms with van der Waals surface area (Å²) in [7, 11) is 0. The van der Waals surface area contributed by atoms with Gasteiger partial charge in [-0.1, -0.05) is 0 Å². The zero-order chi connectivity index (χ0) is 13.8. The lowest BCUT2D eigenvalue weighted by Gasteiger charge is -2.04. The van der Waals surface area contributed by atoms with Crippen LogP contribution in [0.15, 0.2) is 30.2 Å². The number of hydrogen-bond donors (Lipinski definition) is 2. The third kappa shape index (κ3) is 2.57. The van der Waals surface area contributed by atoms with E-state index < -0.39 is 0 Å². The van der Waals surface area contributed by atoms with Gasteiger partial charge in [0.05, 0.1) is 5.69 Å². The van der Waals surface area contributed by atoms with Gasteiger partial charge in [-0.05, 0) is 21.9 Å². The fraction of sp³-hybridized carbons (Fsp3) is 0.182. The predicted octanol–water partition coefficient (Wildman–Crippen LogP) is 0.419. The average molecular weight is 289 g/mol. The summed E-state index contributed by atoms with van der Waals surface area (Å²) in [6.07, 6.45) is 5.56. The molecule has 0 radical (unpaired) electrons. The zero-order valence-electron chi connectivity index (χ0n) is 10.4. The first-order valence-electron chi connectivity index (χ1n) is 5.92. The molecule has 0 saturated heterocycles. The van der Waals surface area contributed by atoms with E-state index in [2.05, 4.69) is 30.8 Å². The Kier molecular flexibility index (Phi) is 3.50. The van der Waals surface area contributed by atoms with Crippen LogP contribution in [0.3, 0.4) is 0 Å². The van der Waals surface area contributed by atoms with Crippen LogP contribution < -0.4 is 5.32 Å². The Balaban J connectivity index is 1.64. The maximum Gasteiger partial charge on any atom is 0.263 e. The Hall–Kier alpha value is -2.55. The van der Waals surface area contributed by atoms with Crippen LogP contribution in [0, 0.1) is 0 Å². The molecule has 3 heterocycles. The number of thiophene rings is 1. The fourth-order valence-electron chi connectivity index (χ4n) is 1.73. The molecule has 8 nitrogen and oxygen atoms in total. The molecular formula is C11H11N7OS. The average Bonchev–Trinajstić information content (AvgIpc) is 3.19. The minimum atomic E-state index is -0.142. The normalized spacial score (nSPS) is 10.6. The van der Waals surface area contributed by atoms with Gasteiger partial charge in [0.2, 0.25) is 0 Å².